The summed E-state index contributed by atoms with van der Waals surface area (Å²) in [6, 6.07) is 20.8. The van der Waals surface area contributed by atoms with E-state index in [0.29, 0.717) is 23.7 Å². The van der Waals surface area contributed by atoms with E-state index in [1.807, 2.05) is 66.7 Å². The molecule has 3 aromatic rings. The molecule has 3 aromatic carbocycles. The number of hydrogen-bond donors (Lipinski definition) is 2. The number of ether oxygens (including phenoxy) is 3. The molecule has 0 atom stereocenters. The maximum absolute atomic E-state index is 12.2. The van der Waals surface area contributed by atoms with Crippen LogP contribution in [0.3, 0.4) is 0 Å². The third-order valence-electron chi connectivity index (χ3n) is 4.33. The van der Waals surface area contributed by atoms with Crippen molar-refractivity contribution in [3.63, 3.8) is 0 Å². The minimum absolute atomic E-state index is 0.0541. The molecular formula is C23H24N2O4. The number of nitrogens with one attached hydrogen (secondary N) is 2. The molecule has 0 saturated carbocycles. The summed E-state index contributed by atoms with van der Waals surface area (Å²) in [5.74, 6) is 1.62. The summed E-state index contributed by atoms with van der Waals surface area (Å²) in [5, 5.41) is 6.21. The number of carbonyl (C=O) groups excluding carboxylic acids is 1. The number of carbonyl (C=O) groups is 1. The summed E-state index contributed by atoms with van der Waals surface area (Å²) in [5.41, 5.74) is 3.37. The Hall–Kier alpha value is -3.67. The average molecular weight is 392 g/mol. The largest absolute Gasteiger partial charge is 0.493 e. The summed E-state index contributed by atoms with van der Waals surface area (Å²) < 4.78 is 16.1. The Labute approximate surface area is 170 Å². The van der Waals surface area contributed by atoms with Gasteiger partial charge in [-0.1, -0.05) is 30.3 Å². The monoisotopic (exact) mass is 392 g/mol. The second-order valence-electron chi connectivity index (χ2n) is 6.33. The topological polar surface area (TPSA) is 68.8 Å². The van der Waals surface area contributed by atoms with Gasteiger partial charge < -0.3 is 24.8 Å². The van der Waals surface area contributed by atoms with Gasteiger partial charge in [0.15, 0.2) is 11.5 Å². The van der Waals surface area contributed by atoms with Gasteiger partial charge in [-0.2, -0.15) is 0 Å². The molecule has 6 nitrogen and oxygen atoms in total. The van der Waals surface area contributed by atoms with E-state index < -0.39 is 0 Å². The van der Waals surface area contributed by atoms with Gasteiger partial charge in [-0.3, -0.25) is 4.79 Å². The zero-order valence-electron chi connectivity index (χ0n) is 16.7. The quantitative estimate of drug-likeness (QED) is 0.585. The molecule has 0 aromatic heterocycles. The van der Waals surface area contributed by atoms with Crippen molar-refractivity contribution in [2.45, 2.75) is 6.42 Å². The van der Waals surface area contributed by atoms with Crippen LogP contribution in [0.5, 0.6) is 17.2 Å². The number of rotatable bonds is 8. The number of benzene rings is 3. The lowest BCUT2D eigenvalue weighted by molar-refractivity contribution is -0.115. The normalized spacial score (nSPS) is 10.2. The van der Waals surface area contributed by atoms with Crippen LogP contribution in [-0.4, -0.2) is 27.2 Å². The van der Waals surface area contributed by atoms with E-state index in [4.69, 9.17) is 14.2 Å². The zero-order valence-corrected chi connectivity index (χ0v) is 16.7. The van der Waals surface area contributed by atoms with Gasteiger partial charge in [-0.25, -0.2) is 0 Å². The van der Waals surface area contributed by atoms with Gasteiger partial charge in [-0.05, 0) is 29.8 Å². The maximum Gasteiger partial charge on any atom is 0.228 e. The second kappa shape index (κ2) is 9.50. The van der Waals surface area contributed by atoms with Gasteiger partial charge in [0.2, 0.25) is 11.7 Å². The Bertz CT molecular complexity index is 931. The third kappa shape index (κ3) is 5.19. The number of hydrogen-bond acceptors (Lipinski definition) is 5. The highest BCUT2D eigenvalue weighted by atomic mass is 16.5. The fourth-order valence-electron chi connectivity index (χ4n) is 2.94. The smallest absolute Gasteiger partial charge is 0.228 e. The van der Waals surface area contributed by atoms with Crippen LogP contribution in [0.2, 0.25) is 0 Å². The first-order valence-electron chi connectivity index (χ1n) is 9.14. The van der Waals surface area contributed by atoms with E-state index in [1.54, 1.807) is 21.3 Å². The molecule has 3 rings (SSSR count). The van der Waals surface area contributed by atoms with Crippen molar-refractivity contribution in [3.05, 3.63) is 72.3 Å². The highest BCUT2D eigenvalue weighted by molar-refractivity contribution is 5.92. The highest BCUT2D eigenvalue weighted by Crippen LogP contribution is 2.40. The van der Waals surface area contributed by atoms with E-state index in [1.165, 1.54) is 0 Å². The first kappa shape index (κ1) is 20.1. The SMILES string of the molecule is COc1cc(Nc2ccc(NC(=O)Cc3ccccc3)cc2)cc(OC)c1OC. The van der Waals surface area contributed by atoms with Crippen LogP contribution >= 0.6 is 0 Å². The van der Waals surface area contributed by atoms with Gasteiger partial charge in [-0.15, -0.1) is 0 Å². The van der Waals surface area contributed by atoms with Crippen LogP contribution in [-0.2, 0) is 11.2 Å². The van der Waals surface area contributed by atoms with Crippen LogP contribution in [0.4, 0.5) is 17.1 Å². The summed E-state index contributed by atoms with van der Waals surface area (Å²) in [6.07, 6.45) is 0.340. The number of anilines is 3. The molecule has 0 aliphatic rings. The van der Waals surface area contributed by atoms with Crippen molar-refractivity contribution in [3.8, 4) is 17.2 Å². The van der Waals surface area contributed by atoms with Gasteiger partial charge >= 0.3 is 0 Å². The van der Waals surface area contributed by atoms with E-state index in [2.05, 4.69) is 10.6 Å². The Balaban J connectivity index is 1.67. The highest BCUT2D eigenvalue weighted by Gasteiger charge is 2.13. The molecule has 0 spiro atoms. The molecule has 1 amide bonds. The zero-order chi connectivity index (χ0) is 20.6. The number of methoxy groups -OCH3 is 3. The Morgan fingerprint density at radius 1 is 0.759 bits per heavy atom. The Morgan fingerprint density at radius 3 is 1.90 bits per heavy atom. The lowest BCUT2D eigenvalue weighted by Crippen LogP contribution is -2.14. The van der Waals surface area contributed by atoms with Crippen LogP contribution in [0.25, 0.3) is 0 Å². The first-order valence-corrected chi connectivity index (χ1v) is 9.14. The van der Waals surface area contributed by atoms with E-state index in [-0.39, 0.29) is 5.91 Å². The van der Waals surface area contributed by atoms with Gasteiger partial charge in [0, 0.05) is 29.2 Å². The van der Waals surface area contributed by atoms with E-state index in [9.17, 15) is 4.79 Å². The number of amides is 1. The van der Waals surface area contributed by atoms with Crippen molar-refractivity contribution in [1.82, 2.24) is 0 Å². The van der Waals surface area contributed by atoms with E-state index >= 15 is 0 Å². The molecule has 0 saturated heterocycles. The first-order chi connectivity index (χ1) is 14.1. The molecule has 150 valence electrons. The molecule has 0 radical (unpaired) electrons. The lowest BCUT2D eigenvalue weighted by Gasteiger charge is -2.15. The minimum Gasteiger partial charge on any atom is -0.493 e. The summed E-state index contributed by atoms with van der Waals surface area (Å²) in [6.45, 7) is 0. The molecule has 0 unspecified atom stereocenters. The summed E-state index contributed by atoms with van der Waals surface area (Å²) in [4.78, 5) is 12.2. The molecule has 0 aliphatic carbocycles. The molecular weight excluding hydrogens is 368 g/mol. The second-order valence-corrected chi connectivity index (χ2v) is 6.33. The van der Waals surface area contributed by atoms with E-state index in [0.717, 1.165) is 22.6 Å². The standard InChI is InChI=1S/C23H24N2O4/c1-27-20-14-19(15-21(28-2)23(20)29-3)24-17-9-11-18(12-10-17)25-22(26)13-16-7-5-4-6-8-16/h4-12,14-15,24H,13H2,1-3H3,(H,25,26). The van der Waals surface area contributed by atoms with Crippen molar-refractivity contribution >= 4 is 23.0 Å². The third-order valence-corrected chi connectivity index (χ3v) is 4.33. The van der Waals surface area contributed by atoms with Crippen molar-refractivity contribution in [1.29, 1.82) is 0 Å². The van der Waals surface area contributed by atoms with Crippen LogP contribution in [0, 0.1) is 0 Å². The molecule has 29 heavy (non-hydrogen) atoms. The van der Waals surface area contributed by atoms with Gasteiger partial charge in [0.1, 0.15) is 0 Å². The van der Waals surface area contributed by atoms with Crippen molar-refractivity contribution in [2.75, 3.05) is 32.0 Å². The fourth-order valence-corrected chi connectivity index (χ4v) is 2.94. The molecule has 6 heteroatoms. The maximum atomic E-state index is 12.2. The van der Waals surface area contributed by atoms with Gasteiger partial charge in [0.25, 0.3) is 0 Å². The Morgan fingerprint density at radius 2 is 1.34 bits per heavy atom. The van der Waals surface area contributed by atoms with Crippen LogP contribution in [0.1, 0.15) is 5.56 Å². The predicted octanol–water partition coefficient (Wildman–Crippen LogP) is 4.64. The van der Waals surface area contributed by atoms with Crippen molar-refractivity contribution < 1.29 is 19.0 Å². The molecule has 0 fully saturated rings. The summed E-state index contributed by atoms with van der Waals surface area (Å²) >= 11 is 0. The predicted molar refractivity (Wildman–Crippen MR) is 115 cm³/mol. The fraction of sp³-hybridized carbons (Fsp3) is 0.174. The molecule has 2 N–H and O–H groups in total. The lowest BCUT2D eigenvalue weighted by atomic mass is 10.1. The summed E-state index contributed by atoms with van der Waals surface area (Å²) in [7, 11) is 4.72. The van der Waals surface area contributed by atoms with Crippen LogP contribution < -0.4 is 24.8 Å². The minimum atomic E-state index is -0.0541. The van der Waals surface area contributed by atoms with Crippen LogP contribution in [0.15, 0.2) is 66.7 Å². The molecule has 0 heterocycles. The Kier molecular flexibility index (Phi) is 6.58. The van der Waals surface area contributed by atoms with Crippen molar-refractivity contribution in [2.24, 2.45) is 0 Å². The average Bonchev–Trinajstić information content (AvgIpc) is 2.75. The molecule has 0 aliphatic heterocycles. The van der Waals surface area contributed by atoms with Gasteiger partial charge in [0.05, 0.1) is 27.8 Å². The molecule has 0 bridgehead atoms.